The van der Waals surface area contributed by atoms with Crippen LogP contribution in [0.3, 0.4) is 0 Å². The fraction of sp³-hybridized carbons (Fsp3) is 0.160. The molecule has 0 aromatic heterocycles. The van der Waals surface area contributed by atoms with Crippen LogP contribution in [0.15, 0.2) is 76.5 Å². The number of carbonyl (C=O) groups is 3. The first-order valence-corrected chi connectivity index (χ1v) is 12.1. The molecule has 8 heteroatoms. The second kappa shape index (κ2) is 11.6. The summed E-state index contributed by atoms with van der Waals surface area (Å²) in [6.45, 7) is 3.99. The van der Waals surface area contributed by atoms with Gasteiger partial charge in [0, 0.05) is 9.79 Å². The first kappa shape index (κ1) is 24.4. The van der Waals surface area contributed by atoms with E-state index in [0.29, 0.717) is 5.69 Å². The summed E-state index contributed by atoms with van der Waals surface area (Å²) in [6, 6.07) is 19.9. The third kappa shape index (κ3) is 7.69. The van der Waals surface area contributed by atoms with Crippen molar-refractivity contribution in [3.8, 4) is 0 Å². The van der Waals surface area contributed by atoms with Crippen LogP contribution in [0.5, 0.6) is 0 Å². The van der Waals surface area contributed by atoms with Gasteiger partial charge in [0.25, 0.3) is 0 Å². The average Bonchev–Trinajstić information content (AvgIpc) is 2.79. The Morgan fingerprint density at radius 3 is 1.61 bits per heavy atom. The summed E-state index contributed by atoms with van der Waals surface area (Å²) < 4.78 is 0. The third-order valence-corrected chi connectivity index (χ3v) is 6.62. The molecule has 170 valence electrons. The molecule has 2 amide bonds. The highest BCUT2D eigenvalue weighted by atomic mass is 32.2. The molecule has 0 saturated carbocycles. The lowest BCUT2D eigenvalue weighted by molar-refractivity contribution is -0.114. The molecule has 0 atom stereocenters. The van der Waals surface area contributed by atoms with Crippen molar-refractivity contribution < 1.29 is 19.5 Å². The summed E-state index contributed by atoms with van der Waals surface area (Å²) in [7, 11) is 0. The monoisotopic (exact) mass is 480 g/mol. The molecule has 0 fully saturated rings. The molecule has 33 heavy (non-hydrogen) atoms. The smallest absolute Gasteiger partial charge is 0.335 e. The van der Waals surface area contributed by atoms with Crippen LogP contribution < -0.4 is 10.6 Å². The number of aromatic carboxylic acids is 1. The highest BCUT2D eigenvalue weighted by Gasteiger charge is 2.14. The number of hydrogen-bond acceptors (Lipinski definition) is 5. The Kier molecular flexibility index (Phi) is 8.57. The van der Waals surface area contributed by atoms with Gasteiger partial charge in [0.15, 0.2) is 0 Å². The van der Waals surface area contributed by atoms with Crippen molar-refractivity contribution in [1.29, 1.82) is 0 Å². The summed E-state index contributed by atoms with van der Waals surface area (Å²) >= 11 is 2.77. The standard InChI is InChI=1S/C25H24N2O4S2/c1-16-3-8-19(9-4-16)32-14-23(28)26-21-12-7-18(25(30)31)13-22(21)27-24(29)15-33-20-10-5-17(2)6-11-20/h3-13H,14-15H2,1-2H3,(H,26,28)(H,27,29)(H,30,31). The summed E-state index contributed by atoms with van der Waals surface area (Å²) in [4.78, 5) is 38.3. The van der Waals surface area contributed by atoms with Crippen molar-refractivity contribution in [3.05, 3.63) is 83.4 Å². The average molecular weight is 481 g/mol. The molecule has 0 saturated heterocycles. The molecule has 3 aromatic rings. The van der Waals surface area contributed by atoms with Gasteiger partial charge >= 0.3 is 5.97 Å². The lowest BCUT2D eigenvalue weighted by Crippen LogP contribution is -2.19. The van der Waals surface area contributed by atoms with E-state index in [1.54, 1.807) is 0 Å². The van der Waals surface area contributed by atoms with E-state index >= 15 is 0 Å². The second-order valence-electron chi connectivity index (χ2n) is 7.37. The zero-order valence-electron chi connectivity index (χ0n) is 18.3. The summed E-state index contributed by atoms with van der Waals surface area (Å²) in [5, 5.41) is 14.8. The fourth-order valence-corrected chi connectivity index (χ4v) is 4.23. The number of carbonyl (C=O) groups excluding carboxylic acids is 2. The minimum Gasteiger partial charge on any atom is -0.478 e. The summed E-state index contributed by atoms with van der Waals surface area (Å²) in [5.74, 6) is -1.34. The Balaban J connectivity index is 1.64. The van der Waals surface area contributed by atoms with Gasteiger partial charge in [0.2, 0.25) is 11.8 Å². The molecular weight excluding hydrogens is 456 g/mol. The van der Waals surface area contributed by atoms with Crippen molar-refractivity contribution in [2.24, 2.45) is 0 Å². The van der Waals surface area contributed by atoms with E-state index < -0.39 is 5.97 Å². The molecule has 0 aliphatic carbocycles. The molecule has 3 N–H and O–H groups in total. The first-order valence-electron chi connectivity index (χ1n) is 10.2. The molecule has 3 aromatic carbocycles. The molecule has 0 unspecified atom stereocenters. The van der Waals surface area contributed by atoms with Gasteiger partial charge in [-0.05, 0) is 56.3 Å². The van der Waals surface area contributed by atoms with E-state index in [-0.39, 0.29) is 34.6 Å². The van der Waals surface area contributed by atoms with Crippen LogP contribution >= 0.6 is 23.5 Å². The summed E-state index contributed by atoms with van der Waals surface area (Å²) in [5.41, 5.74) is 2.89. The lowest BCUT2D eigenvalue weighted by Gasteiger charge is -2.13. The van der Waals surface area contributed by atoms with Crippen molar-refractivity contribution in [3.63, 3.8) is 0 Å². The third-order valence-electron chi connectivity index (χ3n) is 4.60. The highest BCUT2D eigenvalue weighted by molar-refractivity contribution is 8.00. The molecule has 6 nitrogen and oxygen atoms in total. The van der Waals surface area contributed by atoms with Crippen LogP contribution in [0.2, 0.25) is 0 Å². The Hall–Kier alpha value is -3.23. The van der Waals surface area contributed by atoms with E-state index in [1.807, 2.05) is 62.4 Å². The molecule has 3 rings (SSSR count). The van der Waals surface area contributed by atoms with E-state index in [0.717, 1.165) is 20.9 Å². The van der Waals surface area contributed by atoms with Crippen LogP contribution in [0.25, 0.3) is 0 Å². The predicted molar refractivity (Wildman–Crippen MR) is 134 cm³/mol. The summed E-state index contributed by atoms with van der Waals surface area (Å²) in [6.07, 6.45) is 0. The van der Waals surface area contributed by atoms with Gasteiger partial charge in [-0.3, -0.25) is 9.59 Å². The zero-order chi connectivity index (χ0) is 23.8. The number of aryl methyl sites for hydroxylation is 2. The minimum atomic E-state index is -1.12. The number of thioether (sulfide) groups is 2. The van der Waals surface area contributed by atoms with Crippen molar-refractivity contribution in [1.82, 2.24) is 0 Å². The number of anilines is 2. The van der Waals surface area contributed by atoms with Gasteiger partial charge in [0.1, 0.15) is 0 Å². The Labute approximate surface area is 201 Å². The normalized spacial score (nSPS) is 10.5. The van der Waals surface area contributed by atoms with Gasteiger partial charge in [-0.15, -0.1) is 23.5 Å². The topological polar surface area (TPSA) is 95.5 Å². The second-order valence-corrected chi connectivity index (χ2v) is 9.46. The molecule has 0 spiro atoms. The molecule has 0 bridgehead atoms. The maximum Gasteiger partial charge on any atom is 0.335 e. The number of amides is 2. The first-order chi connectivity index (χ1) is 15.8. The predicted octanol–water partition coefficient (Wildman–Crippen LogP) is 5.46. The van der Waals surface area contributed by atoms with Gasteiger partial charge in [-0.1, -0.05) is 35.4 Å². The van der Waals surface area contributed by atoms with Crippen molar-refractivity contribution >= 4 is 52.7 Å². The highest BCUT2D eigenvalue weighted by Crippen LogP contribution is 2.26. The maximum absolute atomic E-state index is 12.5. The largest absolute Gasteiger partial charge is 0.478 e. The molecular formula is C25H24N2O4S2. The fourth-order valence-electron chi connectivity index (χ4n) is 2.83. The van der Waals surface area contributed by atoms with Crippen LogP contribution in [0, 0.1) is 13.8 Å². The van der Waals surface area contributed by atoms with E-state index in [2.05, 4.69) is 10.6 Å². The Morgan fingerprint density at radius 1 is 0.697 bits per heavy atom. The lowest BCUT2D eigenvalue weighted by atomic mass is 10.1. The molecule has 0 aliphatic rings. The van der Waals surface area contributed by atoms with Gasteiger partial charge < -0.3 is 15.7 Å². The number of carboxylic acid groups (broad SMARTS) is 1. The van der Waals surface area contributed by atoms with Crippen LogP contribution in [-0.2, 0) is 9.59 Å². The van der Waals surface area contributed by atoms with Gasteiger partial charge in [0.05, 0.1) is 28.4 Å². The maximum atomic E-state index is 12.5. The van der Waals surface area contributed by atoms with Crippen LogP contribution in [-0.4, -0.2) is 34.4 Å². The molecule has 0 heterocycles. The van der Waals surface area contributed by atoms with E-state index in [9.17, 15) is 19.5 Å². The Bertz CT molecular complexity index is 1150. The van der Waals surface area contributed by atoms with Crippen molar-refractivity contribution in [2.45, 2.75) is 23.6 Å². The van der Waals surface area contributed by atoms with E-state index in [1.165, 1.54) is 41.7 Å². The number of nitrogens with one attached hydrogen (secondary N) is 2. The Morgan fingerprint density at radius 2 is 1.15 bits per heavy atom. The van der Waals surface area contributed by atoms with E-state index in [4.69, 9.17) is 0 Å². The quantitative estimate of drug-likeness (QED) is 0.352. The number of rotatable bonds is 9. The zero-order valence-corrected chi connectivity index (χ0v) is 19.9. The van der Waals surface area contributed by atoms with Gasteiger partial charge in [-0.25, -0.2) is 4.79 Å². The molecule has 0 radical (unpaired) electrons. The SMILES string of the molecule is Cc1ccc(SCC(=O)Nc2ccc(C(=O)O)cc2NC(=O)CSc2ccc(C)cc2)cc1. The van der Waals surface area contributed by atoms with Crippen LogP contribution in [0.4, 0.5) is 11.4 Å². The van der Waals surface area contributed by atoms with Gasteiger partial charge in [-0.2, -0.15) is 0 Å². The number of carboxylic acids is 1. The van der Waals surface area contributed by atoms with Crippen molar-refractivity contribution in [2.75, 3.05) is 22.1 Å². The number of hydrogen-bond donors (Lipinski definition) is 3. The minimum absolute atomic E-state index is 0.0171. The molecule has 0 aliphatic heterocycles. The van der Waals surface area contributed by atoms with Crippen LogP contribution in [0.1, 0.15) is 21.5 Å². The number of benzene rings is 3.